The van der Waals surface area contributed by atoms with Gasteiger partial charge in [0, 0.05) is 11.8 Å². The number of ether oxygens (including phenoxy) is 1. The van der Waals surface area contributed by atoms with Crippen molar-refractivity contribution in [2.75, 3.05) is 5.88 Å². The van der Waals surface area contributed by atoms with E-state index in [-0.39, 0.29) is 17.6 Å². The van der Waals surface area contributed by atoms with Crippen LogP contribution in [0.15, 0.2) is 22.8 Å². The molecule has 0 bridgehead atoms. The van der Waals surface area contributed by atoms with Gasteiger partial charge in [-0.05, 0) is 25.0 Å². The van der Waals surface area contributed by atoms with E-state index in [0.29, 0.717) is 11.6 Å². The molecule has 2 aliphatic rings. The molecule has 92 valence electrons. The molecule has 17 heavy (non-hydrogen) atoms. The van der Waals surface area contributed by atoms with Crippen molar-refractivity contribution in [3.63, 3.8) is 0 Å². The molecule has 1 aliphatic carbocycles. The van der Waals surface area contributed by atoms with Gasteiger partial charge < -0.3 is 14.5 Å². The van der Waals surface area contributed by atoms with Gasteiger partial charge in [0.15, 0.2) is 6.10 Å². The van der Waals surface area contributed by atoms with E-state index in [0.717, 1.165) is 19.3 Å². The third-order valence-corrected chi connectivity index (χ3v) is 4.34. The van der Waals surface area contributed by atoms with E-state index in [1.54, 1.807) is 6.26 Å². The molecule has 5 heteroatoms. The maximum Gasteiger partial charge on any atom is 0.408 e. The van der Waals surface area contributed by atoms with Crippen molar-refractivity contribution in [2.45, 2.75) is 30.9 Å². The fraction of sp³-hybridized carbons (Fsp3) is 0.583. The number of carbonyl (C=O) groups is 1. The SMILES string of the molecule is O=C1N[C@@]2(CCl)CCC[C@H]2[C@H](c2ccco2)O1. The summed E-state index contributed by atoms with van der Waals surface area (Å²) >= 11 is 6.06. The summed E-state index contributed by atoms with van der Waals surface area (Å²) in [7, 11) is 0. The number of hydrogen-bond acceptors (Lipinski definition) is 3. The van der Waals surface area contributed by atoms with Crippen molar-refractivity contribution < 1.29 is 13.9 Å². The number of amides is 1. The minimum atomic E-state index is -0.398. The zero-order chi connectivity index (χ0) is 11.9. The second kappa shape index (κ2) is 3.95. The molecule has 3 rings (SSSR count). The number of fused-ring (bicyclic) bond motifs is 1. The topological polar surface area (TPSA) is 51.5 Å². The van der Waals surface area contributed by atoms with Gasteiger partial charge in [-0.2, -0.15) is 0 Å². The summed E-state index contributed by atoms with van der Waals surface area (Å²) in [6, 6.07) is 3.66. The van der Waals surface area contributed by atoms with E-state index in [1.807, 2.05) is 12.1 Å². The Kier molecular flexibility index (Phi) is 2.54. The average Bonchev–Trinajstić information content (AvgIpc) is 2.96. The van der Waals surface area contributed by atoms with E-state index < -0.39 is 6.09 Å². The number of alkyl carbamates (subject to hydrolysis) is 1. The molecule has 4 nitrogen and oxygen atoms in total. The Hall–Kier alpha value is -1.16. The first-order valence-electron chi connectivity index (χ1n) is 5.83. The van der Waals surface area contributed by atoms with Gasteiger partial charge in [0.25, 0.3) is 0 Å². The van der Waals surface area contributed by atoms with Crippen LogP contribution < -0.4 is 5.32 Å². The first-order chi connectivity index (χ1) is 8.25. The number of rotatable bonds is 2. The smallest absolute Gasteiger partial charge is 0.408 e. The summed E-state index contributed by atoms with van der Waals surface area (Å²) in [4.78, 5) is 11.6. The summed E-state index contributed by atoms with van der Waals surface area (Å²) < 4.78 is 10.7. The van der Waals surface area contributed by atoms with Crippen LogP contribution in [0.25, 0.3) is 0 Å². The van der Waals surface area contributed by atoms with Gasteiger partial charge in [-0.1, -0.05) is 6.42 Å². The monoisotopic (exact) mass is 255 g/mol. The third-order valence-electron chi connectivity index (χ3n) is 3.86. The van der Waals surface area contributed by atoms with E-state index in [2.05, 4.69) is 5.32 Å². The zero-order valence-electron chi connectivity index (χ0n) is 9.32. The molecule has 1 saturated carbocycles. The molecule has 1 N–H and O–H groups in total. The van der Waals surface area contributed by atoms with Crippen molar-refractivity contribution in [3.8, 4) is 0 Å². The summed E-state index contributed by atoms with van der Waals surface area (Å²) in [6.45, 7) is 0. The number of alkyl halides is 1. The normalized spacial score (nSPS) is 36.2. The number of hydrogen-bond donors (Lipinski definition) is 1. The molecule has 0 radical (unpaired) electrons. The van der Waals surface area contributed by atoms with Crippen molar-refractivity contribution in [3.05, 3.63) is 24.2 Å². The predicted octanol–water partition coefficient (Wildman–Crippen LogP) is 2.84. The van der Waals surface area contributed by atoms with Gasteiger partial charge in [-0.15, -0.1) is 11.6 Å². The fourth-order valence-electron chi connectivity index (χ4n) is 3.03. The lowest BCUT2D eigenvalue weighted by Gasteiger charge is -2.42. The van der Waals surface area contributed by atoms with Gasteiger partial charge in [-0.25, -0.2) is 4.79 Å². The van der Waals surface area contributed by atoms with E-state index in [4.69, 9.17) is 20.8 Å². The number of halogens is 1. The van der Waals surface area contributed by atoms with Gasteiger partial charge in [0.2, 0.25) is 0 Å². The molecule has 2 fully saturated rings. The highest BCUT2D eigenvalue weighted by Crippen LogP contribution is 2.48. The maximum atomic E-state index is 11.6. The number of cyclic esters (lactones) is 1. The Morgan fingerprint density at radius 1 is 1.59 bits per heavy atom. The predicted molar refractivity (Wildman–Crippen MR) is 61.9 cm³/mol. The van der Waals surface area contributed by atoms with Crippen LogP contribution in [0.4, 0.5) is 4.79 Å². The highest BCUT2D eigenvalue weighted by atomic mass is 35.5. The number of nitrogens with one attached hydrogen (secondary N) is 1. The fourth-order valence-corrected chi connectivity index (χ4v) is 3.43. The van der Waals surface area contributed by atoms with Crippen LogP contribution >= 0.6 is 11.6 Å². The van der Waals surface area contributed by atoms with E-state index in [1.165, 1.54) is 0 Å². The summed E-state index contributed by atoms with van der Waals surface area (Å²) in [5.74, 6) is 1.33. The molecule has 2 heterocycles. The van der Waals surface area contributed by atoms with Crippen LogP contribution in [0.2, 0.25) is 0 Å². The van der Waals surface area contributed by atoms with Crippen LogP contribution in [-0.4, -0.2) is 17.5 Å². The molecule has 1 aromatic heterocycles. The highest BCUT2D eigenvalue weighted by molar-refractivity contribution is 6.18. The van der Waals surface area contributed by atoms with E-state index in [9.17, 15) is 4.79 Å². The van der Waals surface area contributed by atoms with Crippen LogP contribution in [0.3, 0.4) is 0 Å². The highest BCUT2D eigenvalue weighted by Gasteiger charge is 2.53. The first kappa shape index (κ1) is 11.0. The lowest BCUT2D eigenvalue weighted by Crippen LogP contribution is -2.58. The maximum absolute atomic E-state index is 11.6. The molecule has 3 atom stereocenters. The largest absolute Gasteiger partial charge is 0.465 e. The van der Waals surface area contributed by atoms with Crippen LogP contribution in [0, 0.1) is 5.92 Å². The Morgan fingerprint density at radius 3 is 3.18 bits per heavy atom. The number of carbonyl (C=O) groups excluding carboxylic acids is 1. The second-order valence-electron chi connectivity index (χ2n) is 4.75. The molecule has 1 aromatic rings. The summed E-state index contributed by atoms with van der Waals surface area (Å²) in [5, 5.41) is 2.90. The van der Waals surface area contributed by atoms with Crippen LogP contribution in [-0.2, 0) is 4.74 Å². The van der Waals surface area contributed by atoms with Crippen LogP contribution in [0.1, 0.15) is 31.1 Å². The molecule has 0 aromatic carbocycles. The minimum Gasteiger partial charge on any atom is -0.465 e. The summed E-state index contributed by atoms with van der Waals surface area (Å²) in [6.07, 6.45) is 3.86. The molecule has 0 spiro atoms. The Labute approximate surface area is 104 Å². The molecule has 1 aliphatic heterocycles. The zero-order valence-corrected chi connectivity index (χ0v) is 10.1. The molecular formula is C12H14ClNO3. The first-order valence-corrected chi connectivity index (χ1v) is 6.37. The Balaban J connectivity index is 1.96. The lowest BCUT2D eigenvalue weighted by atomic mass is 9.82. The average molecular weight is 256 g/mol. The second-order valence-corrected chi connectivity index (χ2v) is 5.02. The third kappa shape index (κ3) is 1.62. The van der Waals surface area contributed by atoms with Crippen molar-refractivity contribution in [1.82, 2.24) is 5.32 Å². The van der Waals surface area contributed by atoms with Gasteiger partial charge >= 0.3 is 6.09 Å². The van der Waals surface area contributed by atoms with Crippen molar-refractivity contribution in [1.29, 1.82) is 0 Å². The molecule has 0 unspecified atom stereocenters. The van der Waals surface area contributed by atoms with E-state index >= 15 is 0 Å². The lowest BCUT2D eigenvalue weighted by molar-refractivity contribution is -0.0130. The molecule has 1 saturated heterocycles. The van der Waals surface area contributed by atoms with Crippen LogP contribution in [0.5, 0.6) is 0 Å². The Bertz CT molecular complexity index is 419. The molecule has 1 amide bonds. The van der Waals surface area contributed by atoms with Crippen molar-refractivity contribution >= 4 is 17.7 Å². The Morgan fingerprint density at radius 2 is 2.47 bits per heavy atom. The standard InChI is InChI=1S/C12H14ClNO3/c13-7-12-5-1-3-8(12)10(17-11(15)14-12)9-4-2-6-16-9/h2,4,6,8,10H,1,3,5,7H2,(H,14,15)/t8-,10+,12+/m0/s1. The number of furan rings is 1. The quantitative estimate of drug-likeness (QED) is 0.827. The minimum absolute atomic E-state index is 0.198. The summed E-state index contributed by atoms with van der Waals surface area (Å²) in [5.41, 5.74) is -0.325. The molecular weight excluding hydrogens is 242 g/mol. The van der Waals surface area contributed by atoms with Crippen molar-refractivity contribution in [2.24, 2.45) is 5.92 Å². The van der Waals surface area contributed by atoms with Gasteiger partial charge in [0.1, 0.15) is 5.76 Å². The van der Waals surface area contributed by atoms with Gasteiger partial charge in [-0.3, -0.25) is 0 Å². The van der Waals surface area contributed by atoms with Gasteiger partial charge in [0.05, 0.1) is 11.8 Å².